The molecule has 0 amide bonds. The number of alkyl halides is 3. The molecule has 1 saturated heterocycles. The summed E-state index contributed by atoms with van der Waals surface area (Å²) in [6, 6.07) is 3.97. The molecule has 0 aromatic heterocycles. The number of hydrogen-bond donors (Lipinski definition) is 2. The standard InChI is InChI=1S/C18H26F3N3O2.HI/c1-4-22-17(24-8-7-14(25)11-24)23-10-13-5-6-15(26-12(2)3)9-16(13)18(19,20)21;/h5-6,9,12,14,25H,4,7-8,10-11H2,1-3H3,(H,22,23);1H/t14-;/m1./s1. The second kappa shape index (κ2) is 10.4. The number of benzene rings is 1. The number of aliphatic hydroxyl groups excluding tert-OH is 1. The van der Waals surface area contributed by atoms with Gasteiger partial charge in [0.15, 0.2) is 5.96 Å². The van der Waals surface area contributed by atoms with Crippen LogP contribution in [0.3, 0.4) is 0 Å². The molecule has 1 aliphatic heterocycles. The second-order valence-electron chi connectivity index (χ2n) is 6.54. The lowest BCUT2D eigenvalue weighted by Gasteiger charge is -2.21. The molecule has 5 nitrogen and oxygen atoms in total. The van der Waals surface area contributed by atoms with Gasteiger partial charge in [0.2, 0.25) is 0 Å². The van der Waals surface area contributed by atoms with Crippen molar-refractivity contribution >= 4 is 29.9 Å². The van der Waals surface area contributed by atoms with Crippen LogP contribution in [0.25, 0.3) is 0 Å². The van der Waals surface area contributed by atoms with Gasteiger partial charge in [-0.05, 0) is 44.9 Å². The number of likely N-dealkylation sites (tertiary alicyclic amines) is 1. The van der Waals surface area contributed by atoms with Crippen LogP contribution in [-0.4, -0.2) is 47.8 Å². The minimum Gasteiger partial charge on any atom is -0.491 e. The van der Waals surface area contributed by atoms with E-state index in [1.54, 1.807) is 13.8 Å². The van der Waals surface area contributed by atoms with E-state index in [0.29, 0.717) is 32.0 Å². The third-order valence-electron chi connectivity index (χ3n) is 3.96. The topological polar surface area (TPSA) is 57.1 Å². The van der Waals surface area contributed by atoms with E-state index in [0.717, 1.165) is 6.07 Å². The molecule has 0 unspecified atom stereocenters. The first-order chi connectivity index (χ1) is 12.2. The molecule has 2 N–H and O–H groups in total. The lowest BCUT2D eigenvalue weighted by atomic mass is 10.1. The van der Waals surface area contributed by atoms with Gasteiger partial charge in [-0.1, -0.05) is 6.07 Å². The Kier molecular flexibility index (Phi) is 9.13. The summed E-state index contributed by atoms with van der Waals surface area (Å²) in [5, 5.41) is 12.7. The maximum atomic E-state index is 13.4. The molecular formula is C18H27F3IN3O2. The molecule has 0 spiro atoms. The monoisotopic (exact) mass is 501 g/mol. The molecule has 0 bridgehead atoms. The number of ether oxygens (including phenoxy) is 1. The fourth-order valence-corrected chi connectivity index (χ4v) is 2.82. The van der Waals surface area contributed by atoms with Crippen molar-refractivity contribution < 1.29 is 23.0 Å². The first-order valence-corrected chi connectivity index (χ1v) is 8.78. The van der Waals surface area contributed by atoms with Crippen molar-refractivity contribution in [1.82, 2.24) is 10.2 Å². The Morgan fingerprint density at radius 3 is 2.63 bits per heavy atom. The average Bonchev–Trinajstić information content (AvgIpc) is 2.97. The highest BCUT2D eigenvalue weighted by atomic mass is 127. The number of hydrogen-bond acceptors (Lipinski definition) is 3. The Morgan fingerprint density at radius 2 is 2.11 bits per heavy atom. The van der Waals surface area contributed by atoms with Gasteiger partial charge in [0.05, 0.1) is 24.3 Å². The van der Waals surface area contributed by atoms with Crippen molar-refractivity contribution in [2.45, 2.75) is 52.1 Å². The molecular weight excluding hydrogens is 474 g/mol. The molecule has 1 heterocycles. The maximum absolute atomic E-state index is 13.4. The van der Waals surface area contributed by atoms with Gasteiger partial charge in [0.25, 0.3) is 0 Å². The van der Waals surface area contributed by atoms with E-state index in [9.17, 15) is 18.3 Å². The predicted octanol–water partition coefficient (Wildman–Crippen LogP) is 3.64. The Balaban J connectivity index is 0.00000364. The number of guanidine groups is 1. The van der Waals surface area contributed by atoms with E-state index in [1.165, 1.54) is 12.1 Å². The first-order valence-electron chi connectivity index (χ1n) is 8.78. The largest absolute Gasteiger partial charge is 0.491 e. The second-order valence-corrected chi connectivity index (χ2v) is 6.54. The van der Waals surface area contributed by atoms with Crippen LogP contribution in [0, 0.1) is 0 Å². The van der Waals surface area contributed by atoms with E-state index in [1.807, 2.05) is 11.8 Å². The fourth-order valence-electron chi connectivity index (χ4n) is 2.82. The maximum Gasteiger partial charge on any atom is 0.416 e. The summed E-state index contributed by atoms with van der Waals surface area (Å²) < 4.78 is 45.7. The lowest BCUT2D eigenvalue weighted by molar-refractivity contribution is -0.138. The number of aliphatic hydroxyl groups is 1. The summed E-state index contributed by atoms with van der Waals surface area (Å²) in [7, 11) is 0. The van der Waals surface area contributed by atoms with Gasteiger partial charge in [-0.15, -0.1) is 24.0 Å². The third-order valence-corrected chi connectivity index (χ3v) is 3.96. The molecule has 0 radical (unpaired) electrons. The van der Waals surface area contributed by atoms with Crippen LogP contribution in [0.4, 0.5) is 13.2 Å². The summed E-state index contributed by atoms with van der Waals surface area (Å²) in [5.41, 5.74) is -0.652. The van der Waals surface area contributed by atoms with Crippen molar-refractivity contribution in [3.63, 3.8) is 0 Å². The molecule has 1 aromatic rings. The highest BCUT2D eigenvalue weighted by Gasteiger charge is 2.34. The number of nitrogens with zero attached hydrogens (tertiary/aromatic N) is 2. The van der Waals surface area contributed by atoms with Gasteiger partial charge < -0.3 is 20.1 Å². The fraction of sp³-hybridized carbons (Fsp3) is 0.611. The smallest absolute Gasteiger partial charge is 0.416 e. The summed E-state index contributed by atoms with van der Waals surface area (Å²) >= 11 is 0. The van der Waals surface area contributed by atoms with Crippen molar-refractivity contribution in [3.8, 4) is 5.75 Å². The molecule has 1 aromatic carbocycles. The number of nitrogens with one attached hydrogen (secondary N) is 1. The Bertz CT molecular complexity index is 639. The number of aliphatic imine (C=N–C) groups is 1. The van der Waals surface area contributed by atoms with Crippen LogP contribution in [0.2, 0.25) is 0 Å². The molecule has 9 heteroatoms. The molecule has 1 fully saturated rings. The molecule has 1 aliphatic rings. The molecule has 154 valence electrons. The van der Waals surface area contributed by atoms with Crippen molar-refractivity contribution in [1.29, 1.82) is 0 Å². The van der Waals surface area contributed by atoms with E-state index in [2.05, 4.69) is 10.3 Å². The van der Waals surface area contributed by atoms with E-state index < -0.39 is 17.8 Å². The zero-order valence-electron chi connectivity index (χ0n) is 15.7. The number of β-amino-alcohol motifs (C(OH)–C–C–N with tert-alkyl or cyclic N) is 1. The Hall–Kier alpha value is -1.23. The van der Waals surface area contributed by atoms with E-state index in [-0.39, 0.29) is 47.9 Å². The van der Waals surface area contributed by atoms with Crippen LogP contribution in [-0.2, 0) is 12.7 Å². The van der Waals surface area contributed by atoms with Crippen molar-refractivity contribution in [2.24, 2.45) is 4.99 Å². The lowest BCUT2D eigenvalue weighted by Crippen LogP contribution is -2.40. The zero-order chi connectivity index (χ0) is 19.3. The summed E-state index contributed by atoms with van der Waals surface area (Å²) in [6.45, 7) is 6.96. The van der Waals surface area contributed by atoms with Crippen LogP contribution in [0.15, 0.2) is 23.2 Å². The number of rotatable bonds is 5. The van der Waals surface area contributed by atoms with Gasteiger partial charge in [0, 0.05) is 19.6 Å². The summed E-state index contributed by atoms with van der Waals surface area (Å²) in [5.74, 6) is 0.703. The van der Waals surface area contributed by atoms with Crippen molar-refractivity contribution in [2.75, 3.05) is 19.6 Å². The van der Waals surface area contributed by atoms with Crippen molar-refractivity contribution in [3.05, 3.63) is 29.3 Å². The molecule has 1 atom stereocenters. The SMILES string of the molecule is CCNC(=NCc1ccc(OC(C)C)cc1C(F)(F)F)N1CC[C@@H](O)C1.I. The quantitative estimate of drug-likeness (QED) is 0.368. The minimum absolute atomic E-state index is 0. The summed E-state index contributed by atoms with van der Waals surface area (Å²) in [4.78, 5) is 6.20. The molecule has 2 rings (SSSR count). The molecule has 0 saturated carbocycles. The first kappa shape index (κ1) is 23.8. The zero-order valence-corrected chi connectivity index (χ0v) is 18.0. The predicted molar refractivity (Wildman–Crippen MR) is 110 cm³/mol. The minimum atomic E-state index is -4.48. The molecule has 27 heavy (non-hydrogen) atoms. The van der Waals surface area contributed by atoms with Gasteiger partial charge in [-0.2, -0.15) is 13.2 Å². The third kappa shape index (κ3) is 7.02. The normalized spacial score (nSPS) is 17.9. The Labute approximate surface area is 175 Å². The number of halogens is 4. The van der Waals surface area contributed by atoms with Crippen LogP contribution < -0.4 is 10.1 Å². The van der Waals surface area contributed by atoms with E-state index >= 15 is 0 Å². The van der Waals surface area contributed by atoms with Gasteiger partial charge in [-0.3, -0.25) is 0 Å². The highest BCUT2D eigenvalue weighted by Crippen LogP contribution is 2.35. The average molecular weight is 501 g/mol. The van der Waals surface area contributed by atoms with Gasteiger partial charge in [-0.25, -0.2) is 4.99 Å². The van der Waals surface area contributed by atoms with Crippen LogP contribution >= 0.6 is 24.0 Å². The van der Waals surface area contributed by atoms with Gasteiger partial charge >= 0.3 is 6.18 Å². The summed E-state index contributed by atoms with van der Waals surface area (Å²) in [6.07, 6.45) is -4.50. The van der Waals surface area contributed by atoms with Crippen LogP contribution in [0.5, 0.6) is 5.75 Å². The van der Waals surface area contributed by atoms with Gasteiger partial charge in [0.1, 0.15) is 5.75 Å². The Morgan fingerprint density at radius 1 is 1.41 bits per heavy atom. The van der Waals surface area contributed by atoms with Crippen LogP contribution in [0.1, 0.15) is 38.3 Å². The highest BCUT2D eigenvalue weighted by molar-refractivity contribution is 14.0. The molecule has 0 aliphatic carbocycles. The van der Waals surface area contributed by atoms with E-state index in [4.69, 9.17) is 4.74 Å².